The Hall–Kier alpha value is 0.279. The minimum atomic E-state index is -1.71. The van der Waals surface area contributed by atoms with E-state index in [9.17, 15) is 0 Å². The molecule has 0 heterocycles. The summed E-state index contributed by atoms with van der Waals surface area (Å²) in [4.78, 5) is 7.80. The van der Waals surface area contributed by atoms with E-state index in [1.165, 1.54) is 12.8 Å². The third kappa shape index (κ3) is 1.70. The molecule has 0 spiro atoms. The summed E-state index contributed by atoms with van der Waals surface area (Å²) >= 11 is -1.71. The van der Waals surface area contributed by atoms with Gasteiger partial charge in [0, 0.05) is 0 Å². The third-order valence-electron chi connectivity index (χ3n) is 4.06. The standard InChI is InChI=1S/C10H13.3CH3.Sn/c1-2-3-9-6-8-4-5-10(9)7-8;;;;/h2,4-6,8-10H,1,3,7H2;3*1H3;/t8-,9-,10-;;;;/m0..../s1. The van der Waals surface area contributed by atoms with Crippen molar-refractivity contribution in [2.45, 2.75) is 31.6 Å². The Morgan fingerprint density at radius 2 is 1.93 bits per heavy atom. The van der Waals surface area contributed by atoms with Gasteiger partial charge in [-0.25, -0.2) is 0 Å². The molecule has 1 saturated carbocycles. The Morgan fingerprint density at radius 1 is 1.29 bits per heavy atom. The maximum atomic E-state index is 3.92. The summed E-state index contributed by atoms with van der Waals surface area (Å²) in [7, 11) is 0. The summed E-state index contributed by atoms with van der Waals surface area (Å²) < 4.78 is 1.08. The first kappa shape index (κ1) is 10.8. The van der Waals surface area contributed by atoms with Crippen LogP contribution in [0.25, 0.3) is 0 Å². The van der Waals surface area contributed by atoms with Gasteiger partial charge in [-0.1, -0.05) is 0 Å². The van der Waals surface area contributed by atoms with E-state index < -0.39 is 18.4 Å². The van der Waals surface area contributed by atoms with E-state index in [1.807, 2.05) is 0 Å². The molecule has 2 bridgehead atoms. The molecule has 4 atom stereocenters. The Bertz CT molecular complexity index is 259. The second-order valence-corrected chi connectivity index (χ2v) is 21.4. The van der Waals surface area contributed by atoms with Crippen LogP contribution in [0.5, 0.6) is 0 Å². The van der Waals surface area contributed by atoms with E-state index in [0.717, 1.165) is 21.7 Å². The Kier molecular flexibility index (Phi) is 2.85. The molecule has 0 saturated heterocycles. The molecule has 0 N–H and O–H groups in total. The molecule has 0 aromatic heterocycles. The van der Waals surface area contributed by atoms with Gasteiger partial charge in [0.15, 0.2) is 0 Å². The van der Waals surface area contributed by atoms with Crippen LogP contribution >= 0.6 is 0 Å². The zero-order valence-corrected chi connectivity index (χ0v) is 12.5. The molecule has 0 amide bonds. The molecule has 1 fully saturated rings. The molecule has 0 radical (unpaired) electrons. The van der Waals surface area contributed by atoms with Gasteiger partial charge in [-0.05, 0) is 0 Å². The molecule has 0 aliphatic heterocycles. The van der Waals surface area contributed by atoms with Gasteiger partial charge in [0.1, 0.15) is 0 Å². The summed E-state index contributed by atoms with van der Waals surface area (Å²) in [6.07, 6.45) is 9.84. The summed E-state index contributed by atoms with van der Waals surface area (Å²) in [5.74, 6) is 2.80. The SMILES string of the molecule is C=CC[C@H]1[C@@H]([Sn]([CH3])([CH3])[CH3])[C@@H]2C=C[C@H]1C2. The first-order valence-corrected chi connectivity index (χ1v) is 16.0. The van der Waals surface area contributed by atoms with Crippen LogP contribution in [0.3, 0.4) is 0 Å². The quantitative estimate of drug-likeness (QED) is 0.543. The number of hydrogen-bond acceptors (Lipinski definition) is 0. The molecule has 2 aliphatic rings. The van der Waals surface area contributed by atoms with Crippen LogP contribution in [0.4, 0.5) is 0 Å². The first-order valence-electron chi connectivity index (χ1n) is 5.83. The summed E-state index contributed by atoms with van der Waals surface area (Å²) in [5.41, 5.74) is 0. The van der Waals surface area contributed by atoms with Crippen LogP contribution in [0, 0.1) is 17.8 Å². The zero-order chi connectivity index (χ0) is 10.3. The van der Waals surface area contributed by atoms with Crippen molar-refractivity contribution in [3.05, 3.63) is 24.8 Å². The van der Waals surface area contributed by atoms with Crippen LogP contribution in [0.1, 0.15) is 12.8 Å². The average Bonchev–Trinajstić information content (AvgIpc) is 2.61. The summed E-state index contributed by atoms with van der Waals surface area (Å²) in [6, 6.07) is 0. The van der Waals surface area contributed by atoms with Crippen molar-refractivity contribution in [1.29, 1.82) is 0 Å². The molecule has 0 aromatic carbocycles. The summed E-state index contributed by atoms with van der Waals surface area (Å²) in [5, 5.41) is 0. The van der Waals surface area contributed by atoms with Gasteiger partial charge in [0.05, 0.1) is 0 Å². The average molecular weight is 297 g/mol. The van der Waals surface area contributed by atoms with Crippen molar-refractivity contribution < 1.29 is 0 Å². The van der Waals surface area contributed by atoms with Crippen molar-refractivity contribution in [3.63, 3.8) is 0 Å². The van der Waals surface area contributed by atoms with Crippen molar-refractivity contribution >= 4 is 18.4 Å². The zero-order valence-electron chi connectivity index (χ0n) is 9.66. The molecular formula is C13H22Sn. The van der Waals surface area contributed by atoms with Crippen molar-refractivity contribution in [1.82, 2.24) is 0 Å². The maximum absolute atomic E-state index is 3.92. The molecular weight excluding hydrogens is 275 g/mol. The molecule has 0 aromatic rings. The fourth-order valence-electron chi connectivity index (χ4n) is 3.72. The van der Waals surface area contributed by atoms with E-state index in [1.54, 1.807) is 0 Å². The van der Waals surface area contributed by atoms with Gasteiger partial charge >= 0.3 is 92.5 Å². The van der Waals surface area contributed by atoms with E-state index >= 15 is 0 Å². The number of hydrogen-bond donors (Lipinski definition) is 0. The van der Waals surface area contributed by atoms with Gasteiger partial charge in [0.2, 0.25) is 0 Å². The fraction of sp³-hybridized carbons (Fsp3) is 0.692. The first-order chi connectivity index (χ1) is 6.54. The molecule has 1 heteroatoms. The van der Waals surface area contributed by atoms with Crippen molar-refractivity contribution in [3.8, 4) is 0 Å². The minimum absolute atomic E-state index is 0.902. The van der Waals surface area contributed by atoms with Crippen LogP contribution < -0.4 is 0 Å². The van der Waals surface area contributed by atoms with Crippen molar-refractivity contribution in [2.75, 3.05) is 0 Å². The fourth-order valence-corrected chi connectivity index (χ4v) is 12.9. The van der Waals surface area contributed by atoms with Crippen LogP contribution in [0.15, 0.2) is 24.8 Å². The van der Waals surface area contributed by atoms with Gasteiger partial charge < -0.3 is 0 Å². The van der Waals surface area contributed by atoms with Crippen molar-refractivity contribution in [2.24, 2.45) is 17.8 Å². The second kappa shape index (κ2) is 3.69. The third-order valence-corrected chi connectivity index (χ3v) is 12.2. The Balaban J connectivity index is 2.22. The molecule has 2 aliphatic carbocycles. The van der Waals surface area contributed by atoms with Gasteiger partial charge in [0.25, 0.3) is 0 Å². The number of allylic oxidation sites excluding steroid dienone is 3. The van der Waals surface area contributed by atoms with Gasteiger partial charge in [-0.3, -0.25) is 0 Å². The van der Waals surface area contributed by atoms with Gasteiger partial charge in [-0.2, -0.15) is 0 Å². The molecule has 14 heavy (non-hydrogen) atoms. The predicted octanol–water partition coefficient (Wildman–Crippen LogP) is 4.09. The predicted molar refractivity (Wildman–Crippen MR) is 66.1 cm³/mol. The van der Waals surface area contributed by atoms with Crippen LogP contribution in [0.2, 0.25) is 18.8 Å². The number of fused-ring (bicyclic) bond motifs is 2. The monoisotopic (exact) mass is 298 g/mol. The molecule has 0 nitrogen and oxygen atoms in total. The normalized spacial score (nSPS) is 40.5. The van der Waals surface area contributed by atoms with E-state index in [4.69, 9.17) is 0 Å². The molecule has 2 rings (SSSR count). The summed E-state index contributed by atoms with van der Waals surface area (Å²) in [6.45, 7) is 3.92. The topological polar surface area (TPSA) is 0 Å². The van der Waals surface area contributed by atoms with Gasteiger partial charge in [-0.15, -0.1) is 0 Å². The van der Waals surface area contributed by atoms with E-state index in [0.29, 0.717) is 0 Å². The van der Waals surface area contributed by atoms with Crippen LogP contribution in [-0.4, -0.2) is 18.4 Å². The molecule has 0 unspecified atom stereocenters. The van der Waals surface area contributed by atoms with Crippen LogP contribution in [-0.2, 0) is 0 Å². The second-order valence-electron chi connectivity index (χ2n) is 6.03. The Labute approximate surface area is 92.3 Å². The van der Waals surface area contributed by atoms with E-state index in [2.05, 4.69) is 39.6 Å². The number of rotatable bonds is 3. The Morgan fingerprint density at radius 3 is 2.50 bits per heavy atom. The molecule has 78 valence electrons. The van der Waals surface area contributed by atoms with E-state index in [-0.39, 0.29) is 0 Å².